The number of amides is 1. The molecule has 142 valence electrons. The minimum Gasteiger partial charge on any atom is -0.381 e. The molecule has 0 radical (unpaired) electrons. The highest BCUT2D eigenvalue weighted by atomic mass is 79.9. The number of fused-ring (bicyclic) bond motifs is 1. The molecule has 0 fully saturated rings. The summed E-state index contributed by atoms with van der Waals surface area (Å²) in [6, 6.07) is 9.53. The van der Waals surface area contributed by atoms with Crippen molar-refractivity contribution in [1.82, 2.24) is 9.55 Å². The van der Waals surface area contributed by atoms with Crippen LogP contribution in [-0.2, 0) is 16.7 Å². The van der Waals surface area contributed by atoms with Gasteiger partial charge in [0, 0.05) is 35.6 Å². The number of halogens is 2. The van der Waals surface area contributed by atoms with E-state index in [1.807, 2.05) is 60.3 Å². The SMILES string of the molecule is Cn1cc(C=Cc2ccc(Cl)cc2)c2cc(NC(=O)C3CC(Br)=NO3)cnc21. The Balaban J connectivity index is 1.58. The van der Waals surface area contributed by atoms with Gasteiger partial charge in [-0.15, -0.1) is 0 Å². The molecule has 28 heavy (non-hydrogen) atoms. The zero-order valence-electron chi connectivity index (χ0n) is 14.9. The van der Waals surface area contributed by atoms with Gasteiger partial charge in [0.2, 0.25) is 6.10 Å². The third-order valence-electron chi connectivity index (χ3n) is 4.36. The molecule has 6 nitrogen and oxygen atoms in total. The third-order valence-corrected chi connectivity index (χ3v) is 5.08. The second kappa shape index (κ2) is 7.77. The highest BCUT2D eigenvalue weighted by Gasteiger charge is 2.27. The molecule has 0 aliphatic carbocycles. The molecular formula is C20H16BrClN4O2. The number of hydrogen-bond donors (Lipinski definition) is 1. The number of benzene rings is 1. The van der Waals surface area contributed by atoms with Crippen molar-refractivity contribution in [1.29, 1.82) is 0 Å². The molecule has 2 aromatic heterocycles. The first-order chi connectivity index (χ1) is 13.5. The molecule has 1 atom stereocenters. The van der Waals surface area contributed by atoms with E-state index in [0.717, 1.165) is 22.2 Å². The van der Waals surface area contributed by atoms with Crippen LogP contribution in [0, 0.1) is 0 Å². The van der Waals surface area contributed by atoms with Gasteiger partial charge in [-0.1, -0.05) is 41.0 Å². The molecule has 1 N–H and O–H groups in total. The molecule has 1 aliphatic heterocycles. The molecular weight excluding hydrogens is 444 g/mol. The van der Waals surface area contributed by atoms with Gasteiger partial charge in [0.25, 0.3) is 5.91 Å². The second-order valence-corrected chi connectivity index (χ2v) is 7.78. The van der Waals surface area contributed by atoms with Crippen LogP contribution < -0.4 is 5.32 Å². The molecule has 4 rings (SSSR count). The normalized spacial score (nSPS) is 16.4. The smallest absolute Gasteiger partial charge is 0.268 e. The number of nitrogens with zero attached hydrogens (tertiary/aromatic N) is 3. The Morgan fingerprint density at radius 2 is 2.14 bits per heavy atom. The van der Waals surface area contributed by atoms with Crippen LogP contribution in [0.5, 0.6) is 0 Å². The van der Waals surface area contributed by atoms with Gasteiger partial charge in [0.1, 0.15) is 10.3 Å². The molecule has 1 aromatic carbocycles. The summed E-state index contributed by atoms with van der Waals surface area (Å²) in [5.74, 6) is -0.256. The average molecular weight is 460 g/mol. The number of carbonyl (C=O) groups is 1. The topological polar surface area (TPSA) is 68.5 Å². The predicted octanol–water partition coefficient (Wildman–Crippen LogP) is 4.83. The predicted molar refractivity (Wildman–Crippen MR) is 116 cm³/mol. The lowest BCUT2D eigenvalue weighted by atomic mass is 10.1. The van der Waals surface area contributed by atoms with E-state index in [-0.39, 0.29) is 5.91 Å². The number of nitrogens with one attached hydrogen (secondary N) is 1. The van der Waals surface area contributed by atoms with Crippen LogP contribution in [0.2, 0.25) is 5.02 Å². The summed E-state index contributed by atoms with van der Waals surface area (Å²) >= 11 is 9.17. The Morgan fingerprint density at radius 1 is 1.36 bits per heavy atom. The number of aromatic nitrogens is 2. The Morgan fingerprint density at radius 3 is 2.86 bits per heavy atom. The molecule has 1 unspecified atom stereocenters. The van der Waals surface area contributed by atoms with E-state index in [2.05, 4.69) is 31.4 Å². The van der Waals surface area contributed by atoms with Crippen molar-refractivity contribution in [2.45, 2.75) is 12.5 Å². The van der Waals surface area contributed by atoms with Crippen LogP contribution >= 0.6 is 27.5 Å². The number of aryl methyl sites for hydroxylation is 1. The second-order valence-electron chi connectivity index (χ2n) is 6.43. The van der Waals surface area contributed by atoms with Crippen molar-refractivity contribution in [3.63, 3.8) is 0 Å². The van der Waals surface area contributed by atoms with Crippen LogP contribution in [0.25, 0.3) is 23.2 Å². The first kappa shape index (κ1) is 18.7. The summed E-state index contributed by atoms with van der Waals surface area (Å²) in [6.45, 7) is 0. The Bertz CT molecular complexity index is 1110. The fourth-order valence-corrected chi connectivity index (χ4v) is 3.47. The molecule has 0 bridgehead atoms. The first-order valence-corrected chi connectivity index (χ1v) is 9.74. The maximum absolute atomic E-state index is 12.3. The van der Waals surface area contributed by atoms with E-state index in [1.165, 1.54) is 0 Å². The lowest BCUT2D eigenvalue weighted by Gasteiger charge is -2.09. The Kier molecular flexibility index (Phi) is 5.19. The average Bonchev–Trinajstić information content (AvgIpc) is 3.25. The Hall–Kier alpha value is -2.64. The molecule has 3 heterocycles. The Labute approximate surface area is 175 Å². The van der Waals surface area contributed by atoms with Gasteiger partial charge in [-0.2, -0.15) is 0 Å². The molecule has 0 saturated carbocycles. The summed E-state index contributed by atoms with van der Waals surface area (Å²) in [6.07, 6.45) is 7.45. The number of carbonyl (C=O) groups excluding carboxylic acids is 1. The van der Waals surface area contributed by atoms with Crippen LogP contribution in [-0.4, -0.2) is 26.2 Å². The molecule has 0 spiro atoms. The van der Waals surface area contributed by atoms with Crippen molar-refractivity contribution < 1.29 is 9.63 Å². The van der Waals surface area contributed by atoms with E-state index >= 15 is 0 Å². The summed E-state index contributed by atoms with van der Waals surface area (Å²) in [7, 11) is 1.94. The van der Waals surface area contributed by atoms with Crippen molar-refractivity contribution >= 4 is 66.9 Å². The molecule has 1 amide bonds. The molecule has 3 aromatic rings. The van der Waals surface area contributed by atoms with E-state index in [1.54, 1.807) is 6.20 Å². The fourth-order valence-electron chi connectivity index (χ4n) is 2.96. The summed E-state index contributed by atoms with van der Waals surface area (Å²) in [5, 5.41) is 8.23. The van der Waals surface area contributed by atoms with E-state index in [0.29, 0.717) is 21.8 Å². The monoisotopic (exact) mass is 458 g/mol. The lowest BCUT2D eigenvalue weighted by Crippen LogP contribution is -2.27. The van der Waals surface area contributed by atoms with Gasteiger partial charge >= 0.3 is 0 Å². The molecule has 1 aliphatic rings. The van der Waals surface area contributed by atoms with Crippen LogP contribution in [0.3, 0.4) is 0 Å². The number of pyridine rings is 1. The minimum atomic E-state index is -0.634. The highest BCUT2D eigenvalue weighted by Crippen LogP contribution is 2.25. The van der Waals surface area contributed by atoms with Crippen molar-refractivity contribution in [2.24, 2.45) is 12.2 Å². The fraction of sp³-hybridized carbons (Fsp3) is 0.150. The third kappa shape index (κ3) is 3.95. The molecule has 8 heteroatoms. The molecule has 0 saturated heterocycles. The summed E-state index contributed by atoms with van der Waals surface area (Å²) < 4.78 is 2.58. The van der Waals surface area contributed by atoms with E-state index in [9.17, 15) is 4.79 Å². The largest absolute Gasteiger partial charge is 0.381 e. The van der Waals surface area contributed by atoms with Gasteiger partial charge in [-0.25, -0.2) is 4.98 Å². The van der Waals surface area contributed by atoms with E-state index in [4.69, 9.17) is 16.4 Å². The minimum absolute atomic E-state index is 0.256. The number of anilines is 1. The number of rotatable bonds is 4. The van der Waals surface area contributed by atoms with Crippen molar-refractivity contribution in [3.8, 4) is 0 Å². The van der Waals surface area contributed by atoms with Gasteiger partial charge in [-0.05, 0) is 39.7 Å². The standard InChI is InChI=1S/C20H16BrClN4O2/c1-26-11-13(5-2-12-3-6-14(22)7-4-12)16-8-15(10-23-19(16)26)24-20(27)17-9-18(21)25-28-17/h2-8,10-11,17H,9H2,1H3,(H,24,27). The maximum atomic E-state index is 12.3. The van der Waals surface area contributed by atoms with Crippen LogP contribution in [0.4, 0.5) is 5.69 Å². The van der Waals surface area contributed by atoms with Crippen LogP contribution in [0.1, 0.15) is 17.5 Å². The van der Waals surface area contributed by atoms with Crippen molar-refractivity contribution in [3.05, 3.63) is 58.9 Å². The zero-order valence-corrected chi connectivity index (χ0v) is 17.2. The quantitative estimate of drug-likeness (QED) is 0.607. The summed E-state index contributed by atoms with van der Waals surface area (Å²) in [5.41, 5.74) is 3.48. The number of oxime groups is 1. The van der Waals surface area contributed by atoms with Gasteiger partial charge < -0.3 is 14.7 Å². The van der Waals surface area contributed by atoms with Gasteiger partial charge in [0.05, 0.1) is 11.9 Å². The van der Waals surface area contributed by atoms with Crippen LogP contribution in [0.15, 0.2) is 47.9 Å². The van der Waals surface area contributed by atoms with Gasteiger partial charge in [0.15, 0.2) is 0 Å². The summed E-state index contributed by atoms with van der Waals surface area (Å²) in [4.78, 5) is 21.9. The highest BCUT2D eigenvalue weighted by molar-refractivity contribution is 9.18. The van der Waals surface area contributed by atoms with E-state index < -0.39 is 6.10 Å². The number of hydrogen-bond acceptors (Lipinski definition) is 4. The van der Waals surface area contributed by atoms with Crippen molar-refractivity contribution in [2.75, 3.05) is 5.32 Å². The first-order valence-electron chi connectivity index (χ1n) is 8.57. The maximum Gasteiger partial charge on any atom is 0.268 e. The zero-order chi connectivity index (χ0) is 19.7. The lowest BCUT2D eigenvalue weighted by molar-refractivity contribution is -0.125. The van der Waals surface area contributed by atoms with Gasteiger partial charge in [-0.3, -0.25) is 4.79 Å².